The minimum atomic E-state index is -0.596. The summed E-state index contributed by atoms with van der Waals surface area (Å²) < 4.78 is 32.8. The van der Waals surface area contributed by atoms with Crippen LogP contribution in [0.5, 0.6) is 28.7 Å². The summed E-state index contributed by atoms with van der Waals surface area (Å²) in [7, 11) is 4.43. The Kier molecular flexibility index (Phi) is 6.79. The van der Waals surface area contributed by atoms with Crippen LogP contribution in [0, 0.1) is 0 Å². The number of rotatable bonds is 7. The summed E-state index contributed by atoms with van der Waals surface area (Å²) >= 11 is 0. The van der Waals surface area contributed by atoms with Gasteiger partial charge in [-0.05, 0) is 41.3 Å². The fourth-order valence-electron chi connectivity index (χ4n) is 3.95. The lowest BCUT2D eigenvalue weighted by atomic mass is 9.87. The first-order valence-corrected chi connectivity index (χ1v) is 11.3. The van der Waals surface area contributed by atoms with Gasteiger partial charge in [0.05, 0.1) is 26.7 Å². The summed E-state index contributed by atoms with van der Waals surface area (Å²) in [6, 6.07) is 13.9. The molecule has 0 aliphatic carbocycles. The topological polar surface area (TPSA) is 93.4 Å². The van der Waals surface area contributed by atoms with Crippen molar-refractivity contribution < 1.29 is 32.9 Å². The van der Waals surface area contributed by atoms with E-state index in [1.54, 1.807) is 18.2 Å². The molecule has 4 rings (SSSR count). The molecule has 1 aromatic heterocycles. The first kappa shape index (κ1) is 24.9. The maximum Gasteiger partial charge on any atom is 0.349 e. The van der Waals surface area contributed by atoms with E-state index in [4.69, 9.17) is 28.1 Å². The Morgan fingerprint density at radius 1 is 0.833 bits per heavy atom. The summed E-state index contributed by atoms with van der Waals surface area (Å²) in [6.45, 7) is 6.09. The van der Waals surface area contributed by atoms with Gasteiger partial charge in [-0.15, -0.1) is 0 Å². The monoisotopic (exact) mass is 492 g/mol. The molecule has 0 bridgehead atoms. The van der Waals surface area contributed by atoms with Gasteiger partial charge in [-0.3, -0.25) is 0 Å². The van der Waals surface area contributed by atoms with Gasteiger partial charge in [-0.25, -0.2) is 9.59 Å². The molecule has 0 spiro atoms. The van der Waals surface area contributed by atoms with Gasteiger partial charge in [0.15, 0.2) is 18.1 Å². The second-order valence-electron chi connectivity index (χ2n) is 9.15. The molecule has 0 fully saturated rings. The van der Waals surface area contributed by atoms with Gasteiger partial charge in [0.2, 0.25) is 5.75 Å². The molecular formula is C28H28O8. The van der Waals surface area contributed by atoms with Crippen molar-refractivity contribution in [3.63, 3.8) is 0 Å². The van der Waals surface area contributed by atoms with Gasteiger partial charge in [-0.1, -0.05) is 32.9 Å². The van der Waals surface area contributed by atoms with Crippen LogP contribution in [-0.4, -0.2) is 33.9 Å². The minimum Gasteiger partial charge on any atom is -0.493 e. The van der Waals surface area contributed by atoms with Gasteiger partial charge in [0.25, 0.3) is 0 Å². The highest BCUT2D eigenvalue weighted by atomic mass is 16.6. The Morgan fingerprint density at radius 2 is 1.50 bits per heavy atom. The predicted octanol–water partition coefficient (Wildman–Crippen LogP) is 5.25. The number of ether oxygens (including phenoxy) is 5. The van der Waals surface area contributed by atoms with E-state index in [1.165, 1.54) is 27.4 Å². The number of hydrogen-bond donors (Lipinski definition) is 0. The number of benzene rings is 3. The van der Waals surface area contributed by atoms with E-state index in [0.29, 0.717) is 33.8 Å². The molecule has 0 saturated carbocycles. The van der Waals surface area contributed by atoms with E-state index in [-0.39, 0.29) is 28.7 Å². The molecule has 0 aliphatic heterocycles. The van der Waals surface area contributed by atoms with Crippen molar-refractivity contribution in [2.45, 2.75) is 26.2 Å². The van der Waals surface area contributed by atoms with Gasteiger partial charge >= 0.3 is 11.6 Å². The smallest absolute Gasteiger partial charge is 0.349 e. The van der Waals surface area contributed by atoms with Crippen LogP contribution in [0.1, 0.15) is 26.3 Å². The molecule has 8 nitrogen and oxygen atoms in total. The highest BCUT2D eigenvalue weighted by Gasteiger charge is 2.21. The fourth-order valence-corrected chi connectivity index (χ4v) is 3.95. The zero-order chi connectivity index (χ0) is 26.0. The third-order valence-electron chi connectivity index (χ3n) is 5.78. The van der Waals surface area contributed by atoms with Crippen LogP contribution in [0.25, 0.3) is 21.7 Å². The lowest BCUT2D eigenvalue weighted by Gasteiger charge is -2.19. The molecule has 0 radical (unpaired) electrons. The standard InChI is InChI=1S/C28H28O8/c1-28(2,3)16-7-9-17(10-8-16)34-15-23(29)35-18-11-12-19-21(13-18)36-27(30)20-14-22(31-4)25(32-5)26(33-6)24(19)20/h7-14H,15H2,1-6H3. The molecule has 3 aromatic carbocycles. The Labute approximate surface area is 208 Å². The van der Waals surface area contributed by atoms with E-state index in [2.05, 4.69) is 20.8 Å². The second kappa shape index (κ2) is 9.81. The van der Waals surface area contributed by atoms with Crippen molar-refractivity contribution in [2.75, 3.05) is 27.9 Å². The summed E-state index contributed by atoms with van der Waals surface area (Å²) in [6.07, 6.45) is 0. The molecule has 0 amide bonds. The lowest BCUT2D eigenvalue weighted by Crippen LogP contribution is -2.18. The maximum absolute atomic E-state index is 12.8. The van der Waals surface area contributed by atoms with Crippen LogP contribution in [0.4, 0.5) is 0 Å². The highest BCUT2D eigenvalue weighted by molar-refractivity contribution is 6.10. The molecule has 0 unspecified atom stereocenters. The van der Waals surface area contributed by atoms with Crippen molar-refractivity contribution in [3.05, 3.63) is 64.5 Å². The highest BCUT2D eigenvalue weighted by Crippen LogP contribution is 2.45. The van der Waals surface area contributed by atoms with Gasteiger partial charge in [0.1, 0.15) is 17.1 Å². The van der Waals surface area contributed by atoms with E-state index < -0.39 is 11.6 Å². The fraction of sp³-hybridized carbons (Fsp3) is 0.286. The van der Waals surface area contributed by atoms with E-state index in [0.717, 1.165) is 5.56 Å². The van der Waals surface area contributed by atoms with Crippen LogP contribution in [0.3, 0.4) is 0 Å². The SMILES string of the molecule is COc1cc2c(=O)oc3cc(OC(=O)COc4ccc(C(C)(C)C)cc4)ccc3c2c(OC)c1OC. The van der Waals surface area contributed by atoms with Gasteiger partial charge in [-0.2, -0.15) is 0 Å². The van der Waals surface area contributed by atoms with Crippen molar-refractivity contribution in [3.8, 4) is 28.7 Å². The number of carbonyl (C=O) groups excluding carboxylic acids is 1. The summed E-state index contributed by atoms with van der Waals surface area (Å²) in [5.41, 5.74) is 0.814. The Morgan fingerprint density at radius 3 is 2.11 bits per heavy atom. The zero-order valence-electron chi connectivity index (χ0n) is 21.1. The number of methoxy groups -OCH3 is 3. The molecule has 0 saturated heterocycles. The van der Waals surface area contributed by atoms with Gasteiger partial charge in [0, 0.05) is 16.8 Å². The summed E-state index contributed by atoms with van der Waals surface area (Å²) in [5.74, 6) is 1.20. The maximum atomic E-state index is 12.8. The molecule has 0 N–H and O–H groups in total. The number of hydrogen-bond acceptors (Lipinski definition) is 8. The van der Waals surface area contributed by atoms with E-state index in [1.807, 2.05) is 24.3 Å². The second-order valence-corrected chi connectivity index (χ2v) is 9.15. The van der Waals surface area contributed by atoms with Crippen molar-refractivity contribution in [1.29, 1.82) is 0 Å². The molecular weight excluding hydrogens is 464 g/mol. The minimum absolute atomic E-state index is 0.0229. The molecule has 0 atom stereocenters. The quantitative estimate of drug-likeness (QED) is 0.149. The number of esters is 1. The molecule has 188 valence electrons. The average molecular weight is 493 g/mol. The van der Waals surface area contributed by atoms with E-state index >= 15 is 0 Å². The van der Waals surface area contributed by atoms with Crippen molar-refractivity contribution >= 4 is 27.7 Å². The van der Waals surface area contributed by atoms with E-state index in [9.17, 15) is 9.59 Å². The van der Waals surface area contributed by atoms with Crippen molar-refractivity contribution in [2.24, 2.45) is 0 Å². The van der Waals surface area contributed by atoms with Crippen LogP contribution in [0.15, 0.2) is 57.7 Å². The van der Waals surface area contributed by atoms with Crippen LogP contribution in [-0.2, 0) is 10.2 Å². The Balaban J connectivity index is 1.59. The first-order valence-electron chi connectivity index (χ1n) is 11.3. The summed E-state index contributed by atoms with van der Waals surface area (Å²) in [4.78, 5) is 25.2. The lowest BCUT2D eigenvalue weighted by molar-refractivity contribution is -0.136. The van der Waals surface area contributed by atoms with Crippen molar-refractivity contribution in [1.82, 2.24) is 0 Å². The van der Waals surface area contributed by atoms with Gasteiger partial charge < -0.3 is 28.1 Å². The largest absolute Gasteiger partial charge is 0.493 e. The molecule has 0 aliphatic rings. The van der Waals surface area contributed by atoms with Crippen LogP contribution < -0.4 is 29.3 Å². The van der Waals surface area contributed by atoms with Crippen LogP contribution >= 0.6 is 0 Å². The number of fused-ring (bicyclic) bond motifs is 3. The third kappa shape index (κ3) is 4.79. The molecule has 4 aromatic rings. The first-order chi connectivity index (χ1) is 17.2. The number of carbonyl (C=O) groups is 1. The zero-order valence-corrected chi connectivity index (χ0v) is 21.1. The summed E-state index contributed by atoms with van der Waals surface area (Å²) in [5, 5.41) is 1.35. The third-order valence-corrected chi connectivity index (χ3v) is 5.78. The Hall–Kier alpha value is -4.20. The molecule has 36 heavy (non-hydrogen) atoms. The van der Waals surface area contributed by atoms with Crippen LogP contribution in [0.2, 0.25) is 0 Å². The normalized spacial score (nSPS) is 11.4. The molecule has 8 heteroatoms. The molecule has 1 heterocycles. The average Bonchev–Trinajstić information content (AvgIpc) is 2.85. The Bertz CT molecular complexity index is 1480. The predicted molar refractivity (Wildman–Crippen MR) is 136 cm³/mol.